The van der Waals surface area contributed by atoms with E-state index < -0.39 is 0 Å². The summed E-state index contributed by atoms with van der Waals surface area (Å²) in [7, 11) is 1.58. The van der Waals surface area contributed by atoms with Crippen LogP contribution in [0, 0.1) is 5.41 Å². The van der Waals surface area contributed by atoms with Crippen molar-refractivity contribution < 1.29 is 4.74 Å². The van der Waals surface area contributed by atoms with Gasteiger partial charge in [-0.15, -0.1) is 11.6 Å². The summed E-state index contributed by atoms with van der Waals surface area (Å²) in [6.07, 6.45) is 3.76. The Balaban J connectivity index is 2.57. The van der Waals surface area contributed by atoms with Crippen LogP contribution in [0.3, 0.4) is 0 Å². The lowest BCUT2D eigenvalue weighted by molar-refractivity contribution is 0.354. The highest BCUT2D eigenvalue weighted by Crippen LogP contribution is 2.25. The highest BCUT2D eigenvalue weighted by atomic mass is 79.9. The predicted octanol–water partition coefficient (Wildman–Crippen LogP) is 3.70. The number of rotatable bonds is 7. The summed E-state index contributed by atoms with van der Waals surface area (Å²) < 4.78 is 5.87. The van der Waals surface area contributed by atoms with Crippen LogP contribution >= 0.6 is 27.5 Å². The Kier molecular flexibility index (Phi) is 6.15. The maximum Gasteiger partial charge on any atom is 0.232 e. The van der Waals surface area contributed by atoms with Crippen LogP contribution < -0.4 is 10.1 Å². The third kappa shape index (κ3) is 4.98. The Morgan fingerprint density at radius 1 is 1.50 bits per heavy atom. The number of anilines is 1. The first-order chi connectivity index (χ1) is 8.48. The number of hydrogen-bond donors (Lipinski definition) is 1. The van der Waals surface area contributed by atoms with E-state index in [-0.39, 0.29) is 5.41 Å². The molecule has 1 heterocycles. The largest absolute Gasteiger partial charge is 0.480 e. The van der Waals surface area contributed by atoms with Crippen LogP contribution in [0.2, 0.25) is 0 Å². The number of nitrogens with one attached hydrogen (secondary N) is 1. The lowest BCUT2D eigenvalue weighted by atomic mass is 9.88. The summed E-state index contributed by atoms with van der Waals surface area (Å²) in [6.45, 7) is 5.19. The van der Waals surface area contributed by atoms with Gasteiger partial charge in [0.25, 0.3) is 0 Å². The maximum atomic E-state index is 5.71. The van der Waals surface area contributed by atoms with Gasteiger partial charge >= 0.3 is 0 Å². The molecule has 102 valence electrons. The highest BCUT2D eigenvalue weighted by Gasteiger charge is 2.17. The van der Waals surface area contributed by atoms with E-state index in [1.165, 1.54) is 0 Å². The molecule has 4 nitrogen and oxygen atoms in total. The molecule has 6 heteroatoms. The van der Waals surface area contributed by atoms with E-state index in [1.807, 2.05) is 0 Å². The van der Waals surface area contributed by atoms with Gasteiger partial charge in [-0.25, -0.2) is 4.98 Å². The van der Waals surface area contributed by atoms with Gasteiger partial charge in [0.2, 0.25) is 11.8 Å². The Labute approximate surface area is 122 Å². The topological polar surface area (TPSA) is 47.0 Å². The molecule has 1 rings (SSSR count). The van der Waals surface area contributed by atoms with Crippen LogP contribution in [0.15, 0.2) is 10.7 Å². The molecule has 0 amide bonds. The monoisotopic (exact) mass is 335 g/mol. The first kappa shape index (κ1) is 15.5. The lowest BCUT2D eigenvalue weighted by Gasteiger charge is -2.24. The summed E-state index contributed by atoms with van der Waals surface area (Å²) in [5, 5.41) is 3.23. The lowest BCUT2D eigenvalue weighted by Crippen LogP contribution is -2.24. The Morgan fingerprint density at radius 2 is 2.22 bits per heavy atom. The quantitative estimate of drug-likeness (QED) is 0.771. The van der Waals surface area contributed by atoms with Crippen molar-refractivity contribution in [2.75, 3.05) is 24.9 Å². The number of aromatic nitrogens is 2. The van der Waals surface area contributed by atoms with E-state index in [0.717, 1.165) is 23.9 Å². The second kappa shape index (κ2) is 7.14. The van der Waals surface area contributed by atoms with Crippen molar-refractivity contribution in [3.05, 3.63) is 10.7 Å². The number of hydrogen-bond acceptors (Lipinski definition) is 4. The number of ether oxygens (including phenoxy) is 1. The fraction of sp³-hybridized carbons (Fsp3) is 0.667. The smallest absolute Gasteiger partial charge is 0.232 e. The number of nitrogens with zero attached hydrogens (tertiary/aromatic N) is 2. The molecule has 0 aliphatic heterocycles. The number of alkyl halides is 1. The molecule has 0 saturated heterocycles. The standard InChI is InChI=1S/C12H19BrClN3O/c1-12(2,5-4-6-14)8-16-11-15-7-9(13)10(17-11)18-3/h7H,4-6,8H2,1-3H3,(H,15,16,17). The minimum atomic E-state index is 0.165. The first-order valence-electron chi connectivity index (χ1n) is 5.85. The Morgan fingerprint density at radius 3 is 2.83 bits per heavy atom. The van der Waals surface area contributed by atoms with Gasteiger partial charge in [-0.1, -0.05) is 13.8 Å². The van der Waals surface area contributed by atoms with E-state index >= 15 is 0 Å². The van der Waals surface area contributed by atoms with E-state index in [9.17, 15) is 0 Å². The van der Waals surface area contributed by atoms with Crippen molar-refractivity contribution in [2.45, 2.75) is 26.7 Å². The highest BCUT2D eigenvalue weighted by molar-refractivity contribution is 9.10. The summed E-state index contributed by atoms with van der Waals surface area (Å²) in [4.78, 5) is 8.45. The third-order valence-electron chi connectivity index (χ3n) is 2.62. The molecule has 0 fully saturated rings. The van der Waals surface area contributed by atoms with Gasteiger partial charge in [0.15, 0.2) is 0 Å². The van der Waals surface area contributed by atoms with E-state index in [0.29, 0.717) is 17.7 Å². The normalized spacial score (nSPS) is 11.4. The molecule has 0 aromatic carbocycles. The fourth-order valence-electron chi connectivity index (χ4n) is 1.53. The van der Waals surface area contributed by atoms with Gasteiger partial charge in [0, 0.05) is 12.4 Å². The van der Waals surface area contributed by atoms with Crippen molar-refractivity contribution in [3.63, 3.8) is 0 Å². The van der Waals surface area contributed by atoms with Gasteiger partial charge in [-0.2, -0.15) is 4.98 Å². The SMILES string of the molecule is COc1nc(NCC(C)(C)CCCCl)ncc1Br. The van der Waals surface area contributed by atoms with Gasteiger partial charge in [-0.05, 0) is 34.2 Å². The van der Waals surface area contributed by atoms with Gasteiger partial charge in [0.05, 0.1) is 17.8 Å². The molecule has 0 bridgehead atoms. The summed E-state index contributed by atoms with van der Waals surface area (Å²) in [6, 6.07) is 0. The molecule has 0 spiro atoms. The zero-order valence-corrected chi connectivity index (χ0v) is 13.3. The maximum absolute atomic E-state index is 5.71. The van der Waals surface area contributed by atoms with Crippen molar-refractivity contribution in [1.29, 1.82) is 0 Å². The molecule has 0 saturated carbocycles. The minimum Gasteiger partial charge on any atom is -0.480 e. The van der Waals surface area contributed by atoms with Gasteiger partial charge in [0.1, 0.15) is 0 Å². The zero-order chi connectivity index (χ0) is 13.6. The average molecular weight is 337 g/mol. The molecule has 0 aliphatic rings. The minimum absolute atomic E-state index is 0.165. The molecule has 0 unspecified atom stereocenters. The van der Waals surface area contributed by atoms with Crippen molar-refractivity contribution in [1.82, 2.24) is 9.97 Å². The average Bonchev–Trinajstić information content (AvgIpc) is 2.35. The number of halogens is 2. The number of methoxy groups -OCH3 is 1. The van der Waals surface area contributed by atoms with Crippen molar-refractivity contribution in [3.8, 4) is 5.88 Å². The predicted molar refractivity (Wildman–Crippen MR) is 78.5 cm³/mol. The van der Waals surface area contributed by atoms with Gasteiger partial charge < -0.3 is 10.1 Å². The first-order valence-corrected chi connectivity index (χ1v) is 7.17. The molecule has 1 N–H and O–H groups in total. The van der Waals surface area contributed by atoms with Crippen LogP contribution in [-0.2, 0) is 0 Å². The summed E-state index contributed by atoms with van der Waals surface area (Å²) in [5.74, 6) is 1.81. The molecule has 0 atom stereocenters. The Bertz CT molecular complexity index is 388. The van der Waals surface area contributed by atoms with Crippen LogP contribution in [-0.4, -0.2) is 29.5 Å². The van der Waals surface area contributed by atoms with Crippen molar-refractivity contribution >= 4 is 33.5 Å². The van der Waals surface area contributed by atoms with Crippen molar-refractivity contribution in [2.24, 2.45) is 5.41 Å². The molecule has 0 aliphatic carbocycles. The van der Waals surface area contributed by atoms with Crippen LogP contribution in [0.4, 0.5) is 5.95 Å². The molecule has 1 aromatic rings. The van der Waals surface area contributed by atoms with E-state index in [2.05, 4.69) is 45.1 Å². The second-order valence-electron chi connectivity index (χ2n) is 4.86. The van der Waals surface area contributed by atoms with Crippen LogP contribution in [0.1, 0.15) is 26.7 Å². The zero-order valence-electron chi connectivity index (χ0n) is 11.0. The molecular formula is C12H19BrClN3O. The van der Waals surface area contributed by atoms with E-state index in [1.54, 1.807) is 13.3 Å². The summed E-state index contributed by atoms with van der Waals surface area (Å²) >= 11 is 9.04. The van der Waals surface area contributed by atoms with Crippen LogP contribution in [0.25, 0.3) is 0 Å². The fourth-order valence-corrected chi connectivity index (χ4v) is 2.02. The summed E-state index contributed by atoms with van der Waals surface area (Å²) in [5.41, 5.74) is 0.165. The van der Waals surface area contributed by atoms with Gasteiger partial charge in [-0.3, -0.25) is 0 Å². The molecule has 18 heavy (non-hydrogen) atoms. The third-order valence-corrected chi connectivity index (χ3v) is 3.43. The molecule has 1 aromatic heterocycles. The Hall–Kier alpha value is -0.550. The molecule has 0 radical (unpaired) electrons. The molecular weight excluding hydrogens is 318 g/mol. The van der Waals surface area contributed by atoms with Crippen LogP contribution in [0.5, 0.6) is 5.88 Å². The second-order valence-corrected chi connectivity index (χ2v) is 6.09. The van der Waals surface area contributed by atoms with E-state index in [4.69, 9.17) is 16.3 Å².